The maximum absolute atomic E-state index is 6.16. The van der Waals surface area contributed by atoms with E-state index in [-0.39, 0.29) is 5.41 Å². The third-order valence-electron chi connectivity index (χ3n) is 4.19. The molecule has 2 rings (SSSR count). The molecule has 1 aliphatic heterocycles. The zero-order valence-electron chi connectivity index (χ0n) is 12.7. The van der Waals surface area contributed by atoms with E-state index in [1.807, 2.05) is 6.07 Å². The van der Waals surface area contributed by atoms with Crippen molar-refractivity contribution in [1.82, 2.24) is 4.90 Å². The highest BCUT2D eigenvalue weighted by Crippen LogP contribution is 2.30. The topological polar surface area (TPSA) is 3.24 Å². The Labute approximate surface area is 123 Å². The first kappa shape index (κ1) is 14.9. The minimum Gasteiger partial charge on any atom is -0.306 e. The van der Waals surface area contributed by atoms with E-state index in [9.17, 15) is 0 Å². The van der Waals surface area contributed by atoms with Gasteiger partial charge in [-0.2, -0.15) is 0 Å². The SMILES string of the molecule is CN1CCC(CCc2ccc(Cl)cc2C(C)(C)C)C1. The van der Waals surface area contributed by atoms with Crippen molar-refractivity contribution in [3.8, 4) is 0 Å². The summed E-state index contributed by atoms with van der Waals surface area (Å²) >= 11 is 6.16. The number of rotatable bonds is 3. The summed E-state index contributed by atoms with van der Waals surface area (Å²) in [5, 5.41) is 0.856. The van der Waals surface area contributed by atoms with Crippen LogP contribution in [0.2, 0.25) is 5.02 Å². The lowest BCUT2D eigenvalue weighted by Crippen LogP contribution is -2.16. The van der Waals surface area contributed by atoms with Crippen molar-refractivity contribution in [1.29, 1.82) is 0 Å². The fourth-order valence-corrected chi connectivity index (χ4v) is 3.26. The average molecular weight is 280 g/mol. The van der Waals surface area contributed by atoms with E-state index in [4.69, 9.17) is 11.6 Å². The summed E-state index contributed by atoms with van der Waals surface area (Å²) in [5.41, 5.74) is 3.06. The molecule has 1 aromatic carbocycles. The van der Waals surface area contributed by atoms with Crippen LogP contribution in [0.4, 0.5) is 0 Å². The summed E-state index contributed by atoms with van der Waals surface area (Å²) in [5.74, 6) is 0.869. The predicted molar refractivity (Wildman–Crippen MR) is 84.1 cm³/mol. The Morgan fingerprint density at radius 3 is 2.63 bits per heavy atom. The third-order valence-corrected chi connectivity index (χ3v) is 4.43. The number of hydrogen-bond donors (Lipinski definition) is 0. The Balaban J connectivity index is 2.07. The van der Waals surface area contributed by atoms with Crippen LogP contribution in [0.15, 0.2) is 18.2 Å². The quantitative estimate of drug-likeness (QED) is 0.786. The maximum atomic E-state index is 6.16. The van der Waals surface area contributed by atoms with Gasteiger partial charge in [0.1, 0.15) is 0 Å². The molecule has 0 amide bonds. The molecule has 1 heterocycles. The lowest BCUT2D eigenvalue weighted by atomic mass is 9.82. The van der Waals surface area contributed by atoms with Gasteiger partial charge < -0.3 is 4.90 Å². The second-order valence-corrected chi connectivity index (χ2v) is 7.44. The van der Waals surface area contributed by atoms with Gasteiger partial charge in [0.15, 0.2) is 0 Å². The van der Waals surface area contributed by atoms with Crippen molar-refractivity contribution in [2.75, 3.05) is 20.1 Å². The zero-order valence-corrected chi connectivity index (χ0v) is 13.4. The molecule has 1 nitrogen and oxygen atoms in total. The van der Waals surface area contributed by atoms with Gasteiger partial charge in [0.05, 0.1) is 0 Å². The van der Waals surface area contributed by atoms with Crippen LogP contribution >= 0.6 is 11.6 Å². The van der Waals surface area contributed by atoms with Crippen molar-refractivity contribution >= 4 is 11.6 Å². The highest BCUT2D eigenvalue weighted by Gasteiger charge is 2.22. The number of halogens is 1. The Morgan fingerprint density at radius 1 is 1.32 bits per heavy atom. The standard InChI is InChI=1S/C17H26ClN/c1-17(2,3)16-11-15(18)8-7-14(16)6-5-13-9-10-19(4)12-13/h7-8,11,13H,5-6,9-10,12H2,1-4H3. The molecule has 0 saturated carbocycles. The zero-order chi connectivity index (χ0) is 14.0. The van der Waals surface area contributed by atoms with Crippen LogP contribution in [0.25, 0.3) is 0 Å². The van der Waals surface area contributed by atoms with Crippen molar-refractivity contribution < 1.29 is 0 Å². The van der Waals surface area contributed by atoms with E-state index >= 15 is 0 Å². The molecule has 0 spiro atoms. The molecule has 1 atom stereocenters. The summed E-state index contributed by atoms with van der Waals surface area (Å²) in [4.78, 5) is 2.44. The van der Waals surface area contributed by atoms with Crippen molar-refractivity contribution in [2.45, 2.75) is 45.4 Å². The lowest BCUT2D eigenvalue weighted by Gasteiger charge is -2.24. The summed E-state index contributed by atoms with van der Waals surface area (Å²) in [7, 11) is 2.23. The van der Waals surface area contributed by atoms with Gasteiger partial charge in [0.2, 0.25) is 0 Å². The first-order valence-electron chi connectivity index (χ1n) is 7.33. The maximum Gasteiger partial charge on any atom is 0.0409 e. The third kappa shape index (κ3) is 3.97. The smallest absolute Gasteiger partial charge is 0.0409 e. The molecule has 0 aromatic heterocycles. The average Bonchev–Trinajstić information content (AvgIpc) is 2.72. The molecule has 106 valence electrons. The van der Waals surface area contributed by atoms with Crippen LogP contribution in [0.3, 0.4) is 0 Å². The normalized spacial score (nSPS) is 21.0. The van der Waals surface area contributed by atoms with Crippen LogP contribution in [0, 0.1) is 5.92 Å². The molecule has 0 radical (unpaired) electrons. The van der Waals surface area contributed by atoms with Gasteiger partial charge in [0, 0.05) is 11.6 Å². The van der Waals surface area contributed by atoms with E-state index in [1.54, 1.807) is 0 Å². The number of nitrogens with zero attached hydrogens (tertiary/aromatic N) is 1. The van der Waals surface area contributed by atoms with E-state index in [1.165, 1.54) is 43.5 Å². The van der Waals surface area contributed by atoms with Gasteiger partial charge in [-0.05, 0) is 67.4 Å². The number of hydrogen-bond acceptors (Lipinski definition) is 1. The van der Waals surface area contributed by atoms with Gasteiger partial charge in [-0.25, -0.2) is 0 Å². The molecule has 1 fully saturated rings. The fourth-order valence-electron chi connectivity index (χ4n) is 3.09. The molecule has 1 aromatic rings. The minimum atomic E-state index is 0.173. The molecule has 0 N–H and O–H groups in total. The Hall–Kier alpha value is -0.530. The molecule has 1 saturated heterocycles. The van der Waals surface area contributed by atoms with Crippen molar-refractivity contribution in [2.24, 2.45) is 5.92 Å². The Morgan fingerprint density at radius 2 is 2.05 bits per heavy atom. The monoisotopic (exact) mass is 279 g/mol. The largest absolute Gasteiger partial charge is 0.306 e. The first-order valence-corrected chi connectivity index (χ1v) is 7.71. The van der Waals surface area contributed by atoms with Gasteiger partial charge in [-0.15, -0.1) is 0 Å². The van der Waals surface area contributed by atoms with E-state index in [0.29, 0.717) is 0 Å². The predicted octanol–water partition coefficient (Wildman–Crippen LogP) is 4.52. The summed E-state index contributed by atoms with van der Waals surface area (Å²) < 4.78 is 0. The van der Waals surface area contributed by atoms with Crippen molar-refractivity contribution in [3.63, 3.8) is 0 Å². The van der Waals surface area contributed by atoms with E-state index in [0.717, 1.165) is 10.9 Å². The molecule has 19 heavy (non-hydrogen) atoms. The molecule has 1 aliphatic rings. The van der Waals surface area contributed by atoms with Crippen LogP contribution < -0.4 is 0 Å². The molecule has 2 heteroatoms. The minimum absolute atomic E-state index is 0.173. The highest BCUT2D eigenvalue weighted by molar-refractivity contribution is 6.30. The van der Waals surface area contributed by atoms with Gasteiger partial charge in [0.25, 0.3) is 0 Å². The lowest BCUT2D eigenvalue weighted by molar-refractivity contribution is 0.387. The van der Waals surface area contributed by atoms with Gasteiger partial charge in [-0.3, -0.25) is 0 Å². The second kappa shape index (κ2) is 5.85. The summed E-state index contributed by atoms with van der Waals surface area (Å²) in [6.07, 6.45) is 3.84. The van der Waals surface area contributed by atoms with Crippen LogP contribution in [-0.2, 0) is 11.8 Å². The van der Waals surface area contributed by atoms with Crippen LogP contribution in [-0.4, -0.2) is 25.0 Å². The van der Waals surface area contributed by atoms with Gasteiger partial charge >= 0.3 is 0 Å². The van der Waals surface area contributed by atoms with E-state index < -0.39 is 0 Å². The van der Waals surface area contributed by atoms with Crippen molar-refractivity contribution in [3.05, 3.63) is 34.3 Å². The van der Waals surface area contributed by atoms with E-state index in [2.05, 4.69) is 44.9 Å². The molecule has 1 unspecified atom stereocenters. The Kier molecular flexibility index (Phi) is 4.58. The summed E-state index contributed by atoms with van der Waals surface area (Å²) in [6, 6.07) is 6.41. The van der Waals surface area contributed by atoms with Crippen LogP contribution in [0.5, 0.6) is 0 Å². The second-order valence-electron chi connectivity index (χ2n) is 7.01. The molecule has 0 aliphatic carbocycles. The van der Waals surface area contributed by atoms with Crippen LogP contribution in [0.1, 0.15) is 44.7 Å². The molecular formula is C17H26ClN. The number of aryl methyl sites for hydroxylation is 1. The number of likely N-dealkylation sites (tertiary alicyclic amines) is 1. The van der Waals surface area contributed by atoms with Gasteiger partial charge in [-0.1, -0.05) is 38.4 Å². The molecule has 0 bridgehead atoms. The number of benzene rings is 1. The fraction of sp³-hybridized carbons (Fsp3) is 0.647. The molecular weight excluding hydrogens is 254 g/mol. The first-order chi connectivity index (χ1) is 8.86. The Bertz CT molecular complexity index is 433. The summed E-state index contributed by atoms with van der Waals surface area (Å²) in [6.45, 7) is 9.33. The highest BCUT2D eigenvalue weighted by atomic mass is 35.5.